The number of carbonyl (C=O) groups is 1. The van der Waals surface area contributed by atoms with Gasteiger partial charge >= 0.3 is 0 Å². The van der Waals surface area contributed by atoms with Crippen LogP contribution < -0.4 is 10.6 Å². The largest absolute Gasteiger partial charge is 0.391 e. The fraction of sp³-hybridized carbons (Fsp3) is 0.391. The van der Waals surface area contributed by atoms with Crippen LogP contribution in [0.25, 0.3) is 27.9 Å². The van der Waals surface area contributed by atoms with Crippen molar-refractivity contribution >= 4 is 28.4 Å². The van der Waals surface area contributed by atoms with E-state index in [4.69, 9.17) is 9.72 Å². The fourth-order valence-corrected chi connectivity index (χ4v) is 4.67. The van der Waals surface area contributed by atoms with E-state index in [0.717, 1.165) is 23.0 Å². The number of ether oxygens (including phenoxy) is 1. The standard InChI is InChI=1S/C23H25N7O4/c1-24-20-7-16(27-22-13(8-26-30(20)22)23(33)28-15-4-5-18(15)31)14-9-29(17-10-34-11-19(17)32)21-12(14)3-2-6-25-21/h2-3,6-9,15,17-19,24,31-32H,4-5,10-11H2,1H3,(H,28,33)/t15-,17-,18+,19-/m0/s1. The second kappa shape index (κ2) is 8.05. The minimum Gasteiger partial charge on any atom is -0.391 e. The van der Waals surface area contributed by atoms with Crippen LogP contribution in [0.15, 0.2) is 36.8 Å². The monoisotopic (exact) mass is 463 g/mol. The molecule has 5 heterocycles. The Bertz CT molecular complexity index is 1400. The Balaban J connectivity index is 1.48. The molecule has 0 aromatic carbocycles. The minimum atomic E-state index is -0.624. The van der Waals surface area contributed by atoms with Crippen LogP contribution in [0, 0.1) is 0 Å². The molecule has 2 fully saturated rings. The highest BCUT2D eigenvalue weighted by Gasteiger charge is 2.32. The zero-order valence-electron chi connectivity index (χ0n) is 18.5. The molecule has 1 saturated heterocycles. The van der Waals surface area contributed by atoms with Gasteiger partial charge in [0.2, 0.25) is 0 Å². The van der Waals surface area contributed by atoms with Gasteiger partial charge in [0.1, 0.15) is 23.1 Å². The minimum absolute atomic E-state index is 0.246. The molecule has 0 spiro atoms. The Morgan fingerprint density at radius 2 is 2.09 bits per heavy atom. The van der Waals surface area contributed by atoms with E-state index in [-0.39, 0.29) is 24.6 Å². The average Bonchev–Trinajstić information content (AvgIpc) is 3.57. The highest BCUT2D eigenvalue weighted by molar-refractivity contribution is 6.01. The first-order chi connectivity index (χ1) is 16.5. The number of aliphatic hydroxyl groups is 2. The third-order valence-electron chi connectivity index (χ3n) is 6.77. The number of fused-ring (bicyclic) bond motifs is 2. The topological polar surface area (TPSA) is 139 Å². The Morgan fingerprint density at radius 3 is 2.79 bits per heavy atom. The Labute approximate surface area is 194 Å². The van der Waals surface area contributed by atoms with Crippen LogP contribution in [-0.4, -0.2) is 78.8 Å². The van der Waals surface area contributed by atoms with Gasteiger partial charge in [-0.3, -0.25) is 4.79 Å². The van der Waals surface area contributed by atoms with Crippen molar-refractivity contribution in [3.05, 3.63) is 42.4 Å². The van der Waals surface area contributed by atoms with Crippen LogP contribution >= 0.6 is 0 Å². The molecule has 34 heavy (non-hydrogen) atoms. The van der Waals surface area contributed by atoms with Gasteiger partial charge in [0.05, 0.1) is 43.3 Å². The molecule has 1 amide bonds. The number of hydrogen-bond donors (Lipinski definition) is 4. The third kappa shape index (κ3) is 3.23. The average molecular weight is 463 g/mol. The lowest BCUT2D eigenvalue weighted by Crippen LogP contribution is -2.50. The highest BCUT2D eigenvalue weighted by atomic mass is 16.5. The number of amides is 1. The molecule has 1 aliphatic carbocycles. The summed E-state index contributed by atoms with van der Waals surface area (Å²) in [7, 11) is 1.78. The molecule has 4 aromatic rings. The molecule has 1 saturated carbocycles. The molecule has 4 aromatic heterocycles. The first-order valence-electron chi connectivity index (χ1n) is 11.3. The molecule has 0 unspecified atom stereocenters. The van der Waals surface area contributed by atoms with E-state index in [0.29, 0.717) is 35.8 Å². The van der Waals surface area contributed by atoms with E-state index in [1.807, 2.05) is 29.0 Å². The molecule has 11 nitrogen and oxygen atoms in total. The SMILES string of the molecule is CNc1cc(-c2cn([C@H]3COC[C@@H]3O)c3ncccc23)nc2c(C(=O)N[C@H]3CC[C@H]3O)cnn12. The number of nitrogens with zero attached hydrogens (tertiary/aromatic N) is 5. The van der Waals surface area contributed by atoms with Crippen LogP contribution in [0.4, 0.5) is 5.82 Å². The molecule has 2 aliphatic rings. The van der Waals surface area contributed by atoms with Gasteiger partial charge in [-0.15, -0.1) is 0 Å². The second-order valence-electron chi connectivity index (χ2n) is 8.79. The molecule has 0 bridgehead atoms. The maximum Gasteiger partial charge on any atom is 0.257 e. The van der Waals surface area contributed by atoms with E-state index in [2.05, 4.69) is 20.7 Å². The van der Waals surface area contributed by atoms with E-state index < -0.39 is 12.2 Å². The smallest absolute Gasteiger partial charge is 0.257 e. The summed E-state index contributed by atoms with van der Waals surface area (Å²) in [6.45, 7) is 0.680. The Kier molecular flexibility index (Phi) is 4.97. The van der Waals surface area contributed by atoms with Gasteiger partial charge in [0.25, 0.3) is 5.91 Å². The van der Waals surface area contributed by atoms with Crippen molar-refractivity contribution in [2.24, 2.45) is 0 Å². The number of pyridine rings is 1. The number of aromatic nitrogens is 5. The van der Waals surface area contributed by atoms with Gasteiger partial charge < -0.3 is 30.2 Å². The van der Waals surface area contributed by atoms with E-state index in [1.54, 1.807) is 17.8 Å². The predicted octanol–water partition coefficient (Wildman–Crippen LogP) is 0.973. The number of anilines is 1. The van der Waals surface area contributed by atoms with Crippen molar-refractivity contribution in [3.8, 4) is 11.3 Å². The summed E-state index contributed by atoms with van der Waals surface area (Å²) in [5.41, 5.74) is 2.93. The number of hydrogen-bond acceptors (Lipinski definition) is 8. The molecular formula is C23H25N7O4. The van der Waals surface area contributed by atoms with Crippen LogP contribution in [0.5, 0.6) is 0 Å². The zero-order chi connectivity index (χ0) is 23.4. The van der Waals surface area contributed by atoms with Crippen LogP contribution in [-0.2, 0) is 4.74 Å². The molecule has 1 aliphatic heterocycles. The lowest BCUT2D eigenvalue weighted by Gasteiger charge is -2.32. The summed E-state index contributed by atoms with van der Waals surface area (Å²) >= 11 is 0. The summed E-state index contributed by atoms with van der Waals surface area (Å²) < 4.78 is 8.99. The van der Waals surface area contributed by atoms with Gasteiger partial charge in [-0.2, -0.15) is 9.61 Å². The Hall–Kier alpha value is -3.54. The summed E-state index contributed by atoms with van der Waals surface area (Å²) in [6, 6.07) is 5.19. The maximum absolute atomic E-state index is 13.0. The van der Waals surface area contributed by atoms with E-state index >= 15 is 0 Å². The lowest BCUT2D eigenvalue weighted by molar-refractivity contribution is 0.0448. The van der Waals surface area contributed by atoms with Gasteiger partial charge in [-0.05, 0) is 25.0 Å². The zero-order valence-corrected chi connectivity index (χ0v) is 18.5. The summed E-state index contributed by atoms with van der Waals surface area (Å²) in [6.07, 6.45) is 5.43. The molecule has 11 heteroatoms. The van der Waals surface area contributed by atoms with Crippen molar-refractivity contribution in [1.29, 1.82) is 0 Å². The highest BCUT2D eigenvalue weighted by Crippen LogP contribution is 2.34. The number of rotatable bonds is 5. The van der Waals surface area contributed by atoms with E-state index in [1.165, 1.54) is 6.20 Å². The van der Waals surface area contributed by atoms with Crippen LogP contribution in [0.1, 0.15) is 29.2 Å². The van der Waals surface area contributed by atoms with Crippen molar-refractivity contribution in [2.45, 2.75) is 37.1 Å². The lowest BCUT2D eigenvalue weighted by atomic mass is 9.89. The molecule has 176 valence electrons. The van der Waals surface area contributed by atoms with Gasteiger partial charge in [-0.1, -0.05) is 0 Å². The fourth-order valence-electron chi connectivity index (χ4n) is 4.67. The maximum atomic E-state index is 13.0. The Morgan fingerprint density at radius 1 is 1.21 bits per heavy atom. The first kappa shape index (κ1) is 21.0. The summed E-state index contributed by atoms with van der Waals surface area (Å²) in [4.78, 5) is 22.3. The molecule has 4 N–H and O–H groups in total. The number of nitrogens with one attached hydrogen (secondary N) is 2. The molecule has 6 rings (SSSR count). The molecule has 4 atom stereocenters. The van der Waals surface area contributed by atoms with Crippen molar-refractivity contribution in [2.75, 3.05) is 25.6 Å². The summed E-state index contributed by atoms with van der Waals surface area (Å²) in [5.74, 6) is 0.345. The molecular weight excluding hydrogens is 438 g/mol. The van der Waals surface area contributed by atoms with Crippen molar-refractivity contribution in [1.82, 2.24) is 29.5 Å². The molecule has 0 radical (unpaired) electrons. The number of carbonyl (C=O) groups excluding carboxylic acids is 1. The second-order valence-corrected chi connectivity index (χ2v) is 8.79. The van der Waals surface area contributed by atoms with E-state index in [9.17, 15) is 15.0 Å². The van der Waals surface area contributed by atoms with Crippen LogP contribution in [0.2, 0.25) is 0 Å². The van der Waals surface area contributed by atoms with Crippen LogP contribution in [0.3, 0.4) is 0 Å². The van der Waals surface area contributed by atoms with Crippen molar-refractivity contribution < 1.29 is 19.7 Å². The quantitative estimate of drug-likeness (QED) is 0.343. The van der Waals surface area contributed by atoms with Gasteiger partial charge in [0, 0.05) is 36.5 Å². The van der Waals surface area contributed by atoms with Crippen molar-refractivity contribution in [3.63, 3.8) is 0 Å². The third-order valence-corrected chi connectivity index (χ3v) is 6.77. The van der Waals surface area contributed by atoms with Gasteiger partial charge in [-0.25, -0.2) is 9.97 Å². The normalized spacial score (nSPS) is 24.4. The van der Waals surface area contributed by atoms with Gasteiger partial charge in [0.15, 0.2) is 5.65 Å². The number of aliphatic hydroxyl groups excluding tert-OH is 2. The first-order valence-corrected chi connectivity index (χ1v) is 11.3. The summed E-state index contributed by atoms with van der Waals surface area (Å²) in [5, 5.41) is 31.5. The predicted molar refractivity (Wildman–Crippen MR) is 124 cm³/mol.